The van der Waals surface area contributed by atoms with E-state index in [-0.39, 0.29) is 5.91 Å². The van der Waals surface area contributed by atoms with Gasteiger partial charge < -0.3 is 19.5 Å². The summed E-state index contributed by atoms with van der Waals surface area (Å²) in [5.41, 5.74) is 3.74. The highest BCUT2D eigenvalue weighted by Crippen LogP contribution is 2.32. The first kappa shape index (κ1) is 16.7. The lowest BCUT2D eigenvalue weighted by Crippen LogP contribution is -2.33. The summed E-state index contributed by atoms with van der Waals surface area (Å²) in [5.74, 6) is 1.53. The van der Waals surface area contributed by atoms with Gasteiger partial charge in [-0.3, -0.25) is 4.79 Å². The van der Waals surface area contributed by atoms with Crippen LogP contribution in [0.3, 0.4) is 0 Å². The van der Waals surface area contributed by atoms with Crippen molar-refractivity contribution in [3.05, 3.63) is 47.2 Å². The third kappa shape index (κ3) is 2.97. The molecule has 2 aromatic carbocycles. The highest BCUT2D eigenvalue weighted by Gasteiger charge is 2.21. The molecule has 1 amide bonds. The summed E-state index contributed by atoms with van der Waals surface area (Å²) < 4.78 is 7.67. The molecular weight excluding hydrogens is 352 g/mol. The van der Waals surface area contributed by atoms with Crippen LogP contribution in [0.1, 0.15) is 12.7 Å². The number of imidazole rings is 1. The first-order valence-electron chi connectivity index (χ1n) is 8.40. The first-order chi connectivity index (χ1) is 12.5. The van der Waals surface area contributed by atoms with E-state index in [1.165, 1.54) is 6.92 Å². The minimum absolute atomic E-state index is 0.124. The zero-order chi connectivity index (χ0) is 18.3. The number of rotatable bonds is 3. The second kappa shape index (κ2) is 6.53. The fraction of sp³-hybridized carbons (Fsp3) is 0.263. The molecule has 1 aliphatic heterocycles. The number of carbonyl (C=O) groups is 1. The Bertz CT molecular complexity index is 999. The van der Waals surface area contributed by atoms with E-state index in [9.17, 15) is 4.79 Å². The van der Waals surface area contributed by atoms with Crippen LogP contribution in [-0.4, -0.2) is 29.1 Å². The van der Waals surface area contributed by atoms with Gasteiger partial charge in [0.25, 0.3) is 0 Å². The molecule has 0 aliphatic carbocycles. The van der Waals surface area contributed by atoms with Crippen LogP contribution in [-0.2, 0) is 17.9 Å². The maximum Gasteiger partial charge on any atom is 0.221 e. The largest absolute Gasteiger partial charge is 0.494 e. The Morgan fingerprint density at radius 3 is 2.85 bits per heavy atom. The molecule has 134 valence electrons. The summed E-state index contributed by atoms with van der Waals surface area (Å²) in [7, 11) is 1.60. The van der Waals surface area contributed by atoms with Gasteiger partial charge in [-0.05, 0) is 30.3 Å². The Morgan fingerprint density at radius 2 is 2.08 bits per heavy atom. The predicted octanol–water partition coefficient (Wildman–Crippen LogP) is 3.68. The lowest BCUT2D eigenvalue weighted by Gasteiger charge is -2.30. The molecule has 1 aromatic heterocycles. The summed E-state index contributed by atoms with van der Waals surface area (Å²) in [4.78, 5) is 18.3. The molecule has 0 atom stereocenters. The van der Waals surface area contributed by atoms with Crippen molar-refractivity contribution < 1.29 is 9.53 Å². The van der Waals surface area contributed by atoms with E-state index >= 15 is 0 Å². The maximum absolute atomic E-state index is 11.3. The lowest BCUT2D eigenvalue weighted by atomic mass is 10.2. The van der Waals surface area contributed by atoms with Crippen LogP contribution in [0, 0.1) is 0 Å². The van der Waals surface area contributed by atoms with Crippen molar-refractivity contribution in [3.63, 3.8) is 0 Å². The Morgan fingerprint density at radius 1 is 1.23 bits per heavy atom. The molecule has 0 saturated heterocycles. The summed E-state index contributed by atoms with van der Waals surface area (Å²) >= 11 is 6.09. The smallest absolute Gasteiger partial charge is 0.221 e. The minimum atomic E-state index is -0.124. The fourth-order valence-corrected chi connectivity index (χ4v) is 3.55. The summed E-state index contributed by atoms with van der Waals surface area (Å²) in [6.45, 7) is 3.90. The average molecular weight is 371 g/mol. The fourth-order valence-electron chi connectivity index (χ4n) is 3.38. The van der Waals surface area contributed by atoms with Crippen molar-refractivity contribution in [1.29, 1.82) is 0 Å². The number of benzene rings is 2. The quantitative estimate of drug-likeness (QED) is 0.764. The van der Waals surface area contributed by atoms with Crippen molar-refractivity contribution in [2.75, 3.05) is 23.9 Å². The number of fused-ring (bicyclic) bond motifs is 3. The van der Waals surface area contributed by atoms with Crippen LogP contribution in [0.4, 0.5) is 11.4 Å². The van der Waals surface area contributed by atoms with Gasteiger partial charge in [0.05, 0.1) is 30.4 Å². The van der Waals surface area contributed by atoms with Gasteiger partial charge in [-0.1, -0.05) is 11.6 Å². The molecule has 6 nitrogen and oxygen atoms in total. The second-order valence-electron chi connectivity index (χ2n) is 6.30. The third-order valence-corrected chi connectivity index (χ3v) is 4.81. The van der Waals surface area contributed by atoms with Crippen LogP contribution in [0.5, 0.6) is 5.75 Å². The van der Waals surface area contributed by atoms with Crippen molar-refractivity contribution >= 4 is 39.9 Å². The Kier molecular flexibility index (Phi) is 4.20. The monoisotopic (exact) mass is 370 g/mol. The zero-order valence-electron chi connectivity index (χ0n) is 14.6. The van der Waals surface area contributed by atoms with E-state index in [4.69, 9.17) is 21.3 Å². The molecule has 2 heterocycles. The minimum Gasteiger partial charge on any atom is -0.494 e. The van der Waals surface area contributed by atoms with Crippen molar-refractivity contribution in [3.8, 4) is 5.75 Å². The molecule has 7 heteroatoms. The molecule has 0 unspecified atom stereocenters. The Hall–Kier alpha value is -2.73. The summed E-state index contributed by atoms with van der Waals surface area (Å²) in [6, 6.07) is 11.6. The standard InChI is InChI=1S/C19H19ClN4O2/c1-12(25)21-15-5-4-14(10-18(15)26-2)23-7-8-24-17-6-3-13(20)9-16(17)22-19(24)11-23/h3-6,9-10H,7-8,11H2,1-2H3,(H,21,25). The van der Waals surface area contributed by atoms with E-state index in [2.05, 4.69) is 14.8 Å². The van der Waals surface area contributed by atoms with Crippen molar-refractivity contribution in [2.24, 2.45) is 0 Å². The van der Waals surface area contributed by atoms with Gasteiger partial charge >= 0.3 is 0 Å². The van der Waals surface area contributed by atoms with Crippen LogP contribution in [0.2, 0.25) is 5.02 Å². The molecule has 0 spiro atoms. The number of amides is 1. The second-order valence-corrected chi connectivity index (χ2v) is 6.74. The number of anilines is 2. The normalized spacial score (nSPS) is 13.6. The third-order valence-electron chi connectivity index (χ3n) is 4.58. The van der Waals surface area contributed by atoms with Gasteiger partial charge in [0.2, 0.25) is 5.91 Å². The number of nitrogens with zero attached hydrogens (tertiary/aromatic N) is 3. The van der Waals surface area contributed by atoms with E-state index < -0.39 is 0 Å². The number of halogens is 1. The molecule has 0 radical (unpaired) electrons. The van der Waals surface area contributed by atoms with Gasteiger partial charge in [0.1, 0.15) is 11.6 Å². The number of methoxy groups -OCH3 is 1. The van der Waals surface area contributed by atoms with E-state index in [1.807, 2.05) is 36.4 Å². The van der Waals surface area contributed by atoms with Crippen molar-refractivity contribution in [2.45, 2.75) is 20.0 Å². The predicted molar refractivity (Wildman–Crippen MR) is 103 cm³/mol. The van der Waals surface area contributed by atoms with Gasteiger partial charge in [-0.25, -0.2) is 4.98 Å². The van der Waals surface area contributed by atoms with E-state index in [0.717, 1.165) is 35.6 Å². The average Bonchev–Trinajstić information content (AvgIpc) is 2.98. The van der Waals surface area contributed by atoms with Crippen LogP contribution < -0.4 is 15.0 Å². The highest BCUT2D eigenvalue weighted by atomic mass is 35.5. The molecule has 3 aromatic rings. The van der Waals surface area contributed by atoms with Crippen molar-refractivity contribution in [1.82, 2.24) is 9.55 Å². The Labute approximate surface area is 156 Å². The van der Waals surface area contributed by atoms with Gasteiger partial charge in [-0.2, -0.15) is 0 Å². The SMILES string of the molecule is COc1cc(N2CCn3c(nc4cc(Cl)ccc43)C2)ccc1NC(C)=O. The molecular formula is C19H19ClN4O2. The maximum atomic E-state index is 11.3. The Balaban J connectivity index is 1.64. The number of aromatic nitrogens is 2. The lowest BCUT2D eigenvalue weighted by molar-refractivity contribution is -0.114. The molecule has 0 saturated carbocycles. The topological polar surface area (TPSA) is 59.4 Å². The van der Waals surface area contributed by atoms with Crippen LogP contribution >= 0.6 is 11.6 Å². The molecule has 1 aliphatic rings. The van der Waals surface area contributed by atoms with E-state index in [0.29, 0.717) is 23.0 Å². The molecule has 1 N–H and O–H groups in total. The molecule has 0 bridgehead atoms. The number of hydrogen-bond donors (Lipinski definition) is 1. The molecule has 26 heavy (non-hydrogen) atoms. The van der Waals surface area contributed by atoms with Gasteiger partial charge in [-0.15, -0.1) is 0 Å². The van der Waals surface area contributed by atoms with E-state index in [1.54, 1.807) is 7.11 Å². The zero-order valence-corrected chi connectivity index (χ0v) is 15.4. The number of hydrogen-bond acceptors (Lipinski definition) is 4. The number of nitrogens with one attached hydrogen (secondary N) is 1. The summed E-state index contributed by atoms with van der Waals surface area (Å²) in [5, 5.41) is 3.48. The summed E-state index contributed by atoms with van der Waals surface area (Å²) in [6.07, 6.45) is 0. The van der Waals surface area contributed by atoms with Crippen LogP contribution in [0.15, 0.2) is 36.4 Å². The van der Waals surface area contributed by atoms with Gasteiger partial charge in [0.15, 0.2) is 0 Å². The van der Waals surface area contributed by atoms with Gasteiger partial charge in [0, 0.05) is 36.8 Å². The molecule has 4 rings (SSSR count). The highest BCUT2D eigenvalue weighted by molar-refractivity contribution is 6.31. The molecule has 0 fully saturated rings. The number of ether oxygens (including phenoxy) is 1. The number of carbonyl (C=O) groups excluding carboxylic acids is 1. The first-order valence-corrected chi connectivity index (χ1v) is 8.78. The van der Waals surface area contributed by atoms with Crippen LogP contribution in [0.25, 0.3) is 11.0 Å².